The summed E-state index contributed by atoms with van der Waals surface area (Å²) < 4.78 is 10.5. The minimum absolute atomic E-state index is 0.116. The van der Waals surface area contributed by atoms with E-state index in [9.17, 15) is 14.4 Å². The molecule has 0 unspecified atom stereocenters. The Morgan fingerprint density at radius 3 is 2.69 bits per heavy atom. The summed E-state index contributed by atoms with van der Waals surface area (Å²) in [4.78, 5) is 37.6. The zero-order valence-corrected chi connectivity index (χ0v) is 17.0. The molecule has 0 fully saturated rings. The van der Waals surface area contributed by atoms with Crippen molar-refractivity contribution < 1.29 is 23.9 Å². The van der Waals surface area contributed by atoms with Gasteiger partial charge in [-0.25, -0.2) is 0 Å². The van der Waals surface area contributed by atoms with Gasteiger partial charge in [0.2, 0.25) is 5.91 Å². The minimum Gasteiger partial charge on any atom is -0.496 e. The van der Waals surface area contributed by atoms with Gasteiger partial charge in [-0.2, -0.15) is 0 Å². The second kappa shape index (κ2) is 9.47. The molecular weight excluding hydrogens is 392 g/mol. The fraction of sp³-hybridized carbons (Fsp3) is 0.286. The summed E-state index contributed by atoms with van der Waals surface area (Å²) in [6, 6.07) is 14.7. The van der Waals surface area contributed by atoms with Crippen LogP contribution in [0.25, 0.3) is 0 Å². The van der Waals surface area contributed by atoms with E-state index in [1.54, 1.807) is 13.2 Å². The van der Waals surface area contributed by atoms with Crippen LogP contribution in [-0.4, -0.2) is 36.2 Å². The number of hydrogen-bond donors (Lipinski definition) is 2. The van der Waals surface area contributed by atoms with E-state index in [-0.39, 0.29) is 18.9 Å². The molecule has 0 saturated carbocycles. The second-order valence-corrected chi connectivity index (χ2v) is 7.70. The van der Waals surface area contributed by atoms with Gasteiger partial charge < -0.3 is 20.1 Å². The zero-order valence-electron chi connectivity index (χ0n) is 16.1. The molecule has 0 aliphatic carbocycles. The van der Waals surface area contributed by atoms with Gasteiger partial charge in [0.05, 0.1) is 24.5 Å². The third-order valence-corrected chi connectivity index (χ3v) is 5.66. The average Bonchev–Trinajstić information content (AvgIpc) is 2.72. The van der Waals surface area contributed by atoms with Crippen LogP contribution in [0.2, 0.25) is 0 Å². The largest absolute Gasteiger partial charge is 0.496 e. The first-order valence-electron chi connectivity index (χ1n) is 9.13. The van der Waals surface area contributed by atoms with Crippen LogP contribution in [0.4, 0.5) is 5.69 Å². The lowest BCUT2D eigenvalue weighted by Gasteiger charge is -2.23. The van der Waals surface area contributed by atoms with Crippen LogP contribution in [-0.2, 0) is 25.7 Å². The maximum atomic E-state index is 12.3. The van der Waals surface area contributed by atoms with E-state index < -0.39 is 23.2 Å². The third kappa shape index (κ3) is 5.29. The van der Waals surface area contributed by atoms with E-state index in [0.717, 1.165) is 16.1 Å². The van der Waals surface area contributed by atoms with Crippen LogP contribution < -0.4 is 15.4 Å². The van der Waals surface area contributed by atoms with Crippen molar-refractivity contribution in [3.8, 4) is 5.75 Å². The summed E-state index contributed by atoms with van der Waals surface area (Å²) in [6.45, 7) is 1.75. The van der Waals surface area contributed by atoms with Gasteiger partial charge >= 0.3 is 5.97 Å². The maximum Gasteiger partial charge on any atom is 0.308 e. The molecule has 3 rings (SSSR count). The van der Waals surface area contributed by atoms with Crippen molar-refractivity contribution in [1.82, 2.24) is 5.32 Å². The summed E-state index contributed by atoms with van der Waals surface area (Å²) in [5, 5.41) is 4.91. The normalized spacial score (nSPS) is 16.2. The molecule has 152 valence electrons. The molecule has 0 spiro atoms. The van der Waals surface area contributed by atoms with E-state index in [1.165, 1.54) is 18.7 Å². The molecule has 8 heteroatoms. The Morgan fingerprint density at radius 1 is 1.17 bits per heavy atom. The summed E-state index contributed by atoms with van der Waals surface area (Å²) in [7, 11) is 1.56. The van der Waals surface area contributed by atoms with Crippen LogP contribution in [0.5, 0.6) is 5.75 Å². The highest BCUT2D eigenvalue weighted by Gasteiger charge is 2.30. The van der Waals surface area contributed by atoms with Gasteiger partial charge in [-0.15, -0.1) is 11.8 Å². The number of para-hydroxylation sites is 2. The van der Waals surface area contributed by atoms with Crippen LogP contribution in [0.1, 0.15) is 18.9 Å². The Balaban J connectivity index is 1.50. The van der Waals surface area contributed by atoms with Crippen molar-refractivity contribution in [3.05, 3.63) is 54.1 Å². The van der Waals surface area contributed by atoms with Crippen molar-refractivity contribution in [2.24, 2.45) is 0 Å². The molecule has 2 aromatic rings. The Labute approximate surface area is 173 Å². The van der Waals surface area contributed by atoms with Gasteiger partial charge in [0.25, 0.3) is 5.91 Å². The van der Waals surface area contributed by atoms with Gasteiger partial charge in [0.1, 0.15) is 5.75 Å². The first-order chi connectivity index (χ1) is 14.0. The van der Waals surface area contributed by atoms with Gasteiger partial charge in [-0.3, -0.25) is 14.4 Å². The number of anilines is 1. The third-order valence-electron chi connectivity index (χ3n) is 4.38. The van der Waals surface area contributed by atoms with E-state index in [2.05, 4.69) is 10.6 Å². The maximum absolute atomic E-state index is 12.3. The van der Waals surface area contributed by atoms with Crippen molar-refractivity contribution in [2.75, 3.05) is 12.4 Å². The highest BCUT2D eigenvalue weighted by molar-refractivity contribution is 8.01. The summed E-state index contributed by atoms with van der Waals surface area (Å²) in [6.07, 6.45) is -1.09. The van der Waals surface area contributed by atoms with Crippen molar-refractivity contribution >= 4 is 35.2 Å². The summed E-state index contributed by atoms with van der Waals surface area (Å²) in [5.41, 5.74) is 1.55. The topological polar surface area (TPSA) is 93.7 Å². The number of carbonyl (C=O) groups is 3. The number of amides is 2. The Hall–Kier alpha value is -3.00. The number of fused-ring (bicyclic) bond motifs is 1. The SMILES string of the molecule is COc1ccccc1CNC(=O)[C@@H](C)OC(=O)C[C@H]1Sc2ccccc2NC1=O. The molecule has 2 atom stereocenters. The van der Waals surface area contributed by atoms with Crippen molar-refractivity contribution in [1.29, 1.82) is 0 Å². The van der Waals surface area contributed by atoms with Gasteiger partial charge in [0, 0.05) is 17.0 Å². The molecule has 1 heterocycles. The van der Waals surface area contributed by atoms with Gasteiger partial charge in [-0.1, -0.05) is 30.3 Å². The first kappa shape index (κ1) is 20.7. The zero-order chi connectivity index (χ0) is 20.8. The Morgan fingerprint density at radius 2 is 1.90 bits per heavy atom. The lowest BCUT2D eigenvalue weighted by Crippen LogP contribution is -2.37. The Bertz CT molecular complexity index is 917. The molecule has 1 aliphatic rings. The van der Waals surface area contributed by atoms with Crippen LogP contribution in [0, 0.1) is 0 Å². The molecule has 2 aromatic carbocycles. The number of carbonyl (C=O) groups excluding carboxylic acids is 3. The molecule has 2 amide bonds. The van der Waals surface area contributed by atoms with Gasteiger partial charge in [-0.05, 0) is 25.1 Å². The number of esters is 1. The first-order valence-corrected chi connectivity index (χ1v) is 10.0. The molecule has 7 nitrogen and oxygen atoms in total. The van der Waals surface area contributed by atoms with E-state index in [0.29, 0.717) is 5.75 Å². The quantitative estimate of drug-likeness (QED) is 0.677. The molecule has 29 heavy (non-hydrogen) atoms. The fourth-order valence-corrected chi connectivity index (χ4v) is 3.95. The van der Waals surface area contributed by atoms with E-state index in [4.69, 9.17) is 9.47 Å². The molecule has 0 aromatic heterocycles. The predicted molar refractivity (Wildman–Crippen MR) is 110 cm³/mol. The average molecular weight is 414 g/mol. The number of benzene rings is 2. The molecule has 2 N–H and O–H groups in total. The number of nitrogens with one attached hydrogen (secondary N) is 2. The minimum atomic E-state index is -0.971. The highest BCUT2D eigenvalue weighted by Crippen LogP contribution is 2.36. The standard InChI is InChI=1S/C21H22N2O5S/c1-13(20(25)22-12-14-7-3-5-9-16(14)27-2)28-19(24)11-18-21(26)23-15-8-4-6-10-17(15)29-18/h3-10,13,18H,11-12H2,1-2H3,(H,22,25)(H,23,26)/t13-,18-/m1/s1. The molecule has 1 aliphatic heterocycles. The van der Waals surface area contributed by atoms with Crippen molar-refractivity contribution in [3.63, 3.8) is 0 Å². The molecule has 0 bridgehead atoms. The smallest absolute Gasteiger partial charge is 0.308 e. The van der Waals surface area contributed by atoms with Crippen molar-refractivity contribution in [2.45, 2.75) is 36.1 Å². The Kier molecular flexibility index (Phi) is 6.77. The highest BCUT2D eigenvalue weighted by atomic mass is 32.2. The predicted octanol–water partition coefficient (Wildman–Crippen LogP) is 2.75. The van der Waals surface area contributed by atoms with E-state index in [1.807, 2.05) is 42.5 Å². The number of methoxy groups -OCH3 is 1. The molecule has 0 radical (unpaired) electrons. The summed E-state index contributed by atoms with van der Waals surface area (Å²) in [5.74, 6) is -0.607. The van der Waals surface area contributed by atoms with Crippen LogP contribution in [0.3, 0.4) is 0 Å². The van der Waals surface area contributed by atoms with Gasteiger partial charge in [0.15, 0.2) is 6.10 Å². The van der Waals surface area contributed by atoms with Crippen LogP contribution in [0.15, 0.2) is 53.4 Å². The summed E-state index contributed by atoms with van der Waals surface area (Å²) >= 11 is 1.31. The lowest BCUT2D eigenvalue weighted by atomic mass is 10.2. The number of thioether (sulfide) groups is 1. The molecule has 0 saturated heterocycles. The number of hydrogen-bond acceptors (Lipinski definition) is 6. The second-order valence-electron chi connectivity index (χ2n) is 6.46. The van der Waals surface area contributed by atoms with Crippen LogP contribution >= 0.6 is 11.8 Å². The lowest BCUT2D eigenvalue weighted by molar-refractivity contribution is -0.155. The van der Waals surface area contributed by atoms with E-state index >= 15 is 0 Å². The monoisotopic (exact) mass is 414 g/mol. The fourth-order valence-electron chi connectivity index (χ4n) is 2.85. The number of rotatable bonds is 7. The number of ether oxygens (including phenoxy) is 2. The molecular formula is C21H22N2O5S.